The summed E-state index contributed by atoms with van der Waals surface area (Å²) in [4.78, 5) is 19.1. The van der Waals surface area contributed by atoms with E-state index in [1.54, 1.807) is 6.07 Å². The molecule has 0 aromatic carbocycles. The van der Waals surface area contributed by atoms with Crippen LogP contribution in [0.25, 0.3) is 0 Å². The van der Waals surface area contributed by atoms with Crippen molar-refractivity contribution in [1.29, 1.82) is 0 Å². The number of pyridine rings is 1. The molecule has 1 aromatic rings. The van der Waals surface area contributed by atoms with Crippen LogP contribution in [0.2, 0.25) is 0 Å². The molecule has 1 N–H and O–H groups in total. The first kappa shape index (κ1) is 19.8. The molecule has 0 bridgehead atoms. The number of aromatic nitrogens is 1. The van der Waals surface area contributed by atoms with Gasteiger partial charge in [-0.3, -0.25) is 4.79 Å². The molecule has 0 spiro atoms. The summed E-state index contributed by atoms with van der Waals surface area (Å²) in [6.07, 6.45) is 16.3. The fourth-order valence-corrected chi connectivity index (χ4v) is 4.02. The van der Waals surface area contributed by atoms with Gasteiger partial charge < -0.3 is 10.2 Å². The zero-order valence-corrected chi connectivity index (χ0v) is 16.6. The Kier molecular flexibility index (Phi) is 7.64. The molecular weight excluding hydrogens is 334 g/mol. The van der Waals surface area contributed by atoms with Crippen molar-refractivity contribution in [2.24, 2.45) is 11.8 Å². The number of piperidine rings is 1. The van der Waals surface area contributed by atoms with Gasteiger partial charge in [-0.05, 0) is 75.6 Å². The highest BCUT2D eigenvalue weighted by Gasteiger charge is 2.20. The van der Waals surface area contributed by atoms with Gasteiger partial charge in [-0.15, -0.1) is 0 Å². The summed E-state index contributed by atoms with van der Waals surface area (Å²) >= 11 is 0. The van der Waals surface area contributed by atoms with Gasteiger partial charge in [0.1, 0.15) is 5.69 Å². The summed E-state index contributed by atoms with van der Waals surface area (Å²) in [6.45, 7) is 5.99. The minimum Gasteiger partial charge on any atom is -0.349 e. The predicted molar refractivity (Wildman–Crippen MR) is 111 cm³/mol. The van der Waals surface area contributed by atoms with Crippen molar-refractivity contribution >= 4 is 5.91 Å². The normalized spacial score (nSPS) is 20.7. The minimum atomic E-state index is -0.0604. The molecule has 3 rings (SSSR count). The number of nitrogens with zero attached hydrogens (tertiary/aromatic N) is 2. The van der Waals surface area contributed by atoms with E-state index in [0.717, 1.165) is 43.6 Å². The molecule has 0 radical (unpaired) electrons. The lowest BCUT2D eigenvalue weighted by atomic mass is 9.87. The Morgan fingerprint density at radius 3 is 2.81 bits per heavy atom. The number of amides is 1. The molecule has 1 atom stereocenters. The number of aryl methyl sites for hydroxylation is 1. The molecule has 1 unspecified atom stereocenters. The number of carbonyl (C=O) groups is 1. The largest absolute Gasteiger partial charge is 0.349 e. The molecule has 1 fully saturated rings. The second-order valence-electron chi connectivity index (χ2n) is 7.79. The fraction of sp³-hybridized carbons (Fsp3) is 0.565. The molecule has 1 amide bonds. The molecule has 1 aliphatic carbocycles. The lowest BCUT2D eigenvalue weighted by Gasteiger charge is -2.32. The third-order valence-corrected chi connectivity index (χ3v) is 5.84. The molecule has 146 valence electrons. The number of nitrogens with one attached hydrogen (secondary N) is 1. The van der Waals surface area contributed by atoms with Gasteiger partial charge in [-0.2, -0.15) is 0 Å². The summed E-state index contributed by atoms with van der Waals surface area (Å²) in [5.41, 5.74) is 1.49. The Morgan fingerprint density at radius 2 is 2.07 bits per heavy atom. The quantitative estimate of drug-likeness (QED) is 0.755. The summed E-state index contributed by atoms with van der Waals surface area (Å²) < 4.78 is 0. The molecule has 0 saturated carbocycles. The summed E-state index contributed by atoms with van der Waals surface area (Å²) in [5.74, 6) is 1.56. The van der Waals surface area contributed by atoms with Gasteiger partial charge >= 0.3 is 0 Å². The van der Waals surface area contributed by atoms with Crippen LogP contribution in [0.4, 0.5) is 0 Å². The maximum Gasteiger partial charge on any atom is 0.269 e. The van der Waals surface area contributed by atoms with E-state index in [1.165, 1.54) is 32.1 Å². The van der Waals surface area contributed by atoms with Gasteiger partial charge in [-0.1, -0.05) is 37.3 Å². The zero-order valence-electron chi connectivity index (χ0n) is 16.6. The van der Waals surface area contributed by atoms with Crippen molar-refractivity contribution in [3.05, 3.63) is 53.9 Å². The van der Waals surface area contributed by atoms with Gasteiger partial charge in [0.15, 0.2) is 0 Å². The number of hydrogen-bond donors (Lipinski definition) is 1. The standard InChI is InChI=1S/C23H33N3O/c1-2-21-9-6-10-22(25-21)23(27)24-15-18-26-16-13-20(14-17-26)12-11-19-7-4-3-5-8-19/h3-7,9-10,19-20H,2,8,11-18H2,1H3,(H,24,27). The molecule has 4 heteroatoms. The summed E-state index contributed by atoms with van der Waals surface area (Å²) in [7, 11) is 0. The van der Waals surface area contributed by atoms with E-state index in [-0.39, 0.29) is 5.91 Å². The average Bonchev–Trinajstić information content (AvgIpc) is 2.74. The van der Waals surface area contributed by atoms with Crippen molar-refractivity contribution in [3.63, 3.8) is 0 Å². The van der Waals surface area contributed by atoms with E-state index in [2.05, 4.69) is 46.4 Å². The molecule has 2 aliphatic rings. The third-order valence-electron chi connectivity index (χ3n) is 5.84. The Morgan fingerprint density at radius 1 is 1.22 bits per heavy atom. The highest BCUT2D eigenvalue weighted by atomic mass is 16.1. The molecule has 1 saturated heterocycles. The van der Waals surface area contributed by atoms with Crippen LogP contribution >= 0.6 is 0 Å². The third kappa shape index (κ3) is 6.31. The van der Waals surface area contributed by atoms with Crippen LogP contribution in [0, 0.1) is 11.8 Å². The number of allylic oxidation sites excluding steroid dienone is 4. The number of likely N-dealkylation sites (tertiary alicyclic amines) is 1. The molecule has 1 aromatic heterocycles. The van der Waals surface area contributed by atoms with E-state index < -0.39 is 0 Å². The van der Waals surface area contributed by atoms with Crippen molar-refractivity contribution in [3.8, 4) is 0 Å². The van der Waals surface area contributed by atoms with Crippen molar-refractivity contribution in [2.45, 2.75) is 45.4 Å². The van der Waals surface area contributed by atoms with E-state index >= 15 is 0 Å². The number of hydrogen-bond acceptors (Lipinski definition) is 3. The van der Waals surface area contributed by atoms with Crippen molar-refractivity contribution < 1.29 is 4.79 Å². The maximum atomic E-state index is 12.2. The molecule has 1 aliphatic heterocycles. The van der Waals surface area contributed by atoms with Gasteiger partial charge in [0.25, 0.3) is 5.91 Å². The fourth-order valence-electron chi connectivity index (χ4n) is 4.02. The second-order valence-corrected chi connectivity index (χ2v) is 7.79. The van der Waals surface area contributed by atoms with Crippen molar-refractivity contribution in [2.75, 3.05) is 26.2 Å². The topological polar surface area (TPSA) is 45.2 Å². The maximum absolute atomic E-state index is 12.2. The highest BCUT2D eigenvalue weighted by molar-refractivity contribution is 5.92. The molecule has 27 heavy (non-hydrogen) atoms. The van der Waals surface area contributed by atoms with Crippen molar-refractivity contribution in [1.82, 2.24) is 15.2 Å². The summed E-state index contributed by atoms with van der Waals surface area (Å²) in [6, 6.07) is 5.66. The average molecular weight is 368 g/mol. The van der Waals surface area contributed by atoms with Crippen LogP contribution in [-0.4, -0.2) is 42.0 Å². The number of rotatable bonds is 8. The smallest absolute Gasteiger partial charge is 0.269 e. The van der Waals surface area contributed by atoms with E-state index in [4.69, 9.17) is 0 Å². The van der Waals surface area contributed by atoms with Gasteiger partial charge in [0, 0.05) is 18.8 Å². The first-order valence-corrected chi connectivity index (χ1v) is 10.5. The Bertz CT molecular complexity index is 659. The highest BCUT2D eigenvalue weighted by Crippen LogP contribution is 2.26. The molecule has 2 heterocycles. The second kappa shape index (κ2) is 10.4. The van der Waals surface area contributed by atoms with Gasteiger partial charge in [0.2, 0.25) is 0 Å². The number of carbonyl (C=O) groups excluding carboxylic acids is 1. The first-order valence-electron chi connectivity index (χ1n) is 10.5. The summed E-state index contributed by atoms with van der Waals surface area (Å²) in [5, 5.41) is 3.02. The Hall–Kier alpha value is -1.94. The van der Waals surface area contributed by atoms with Crippen LogP contribution in [0.15, 0.2) is 42.5 Å². The lowest BCUT2D eigenvalue weighted by molar-refractivity contribution is 0.0938. The van der Waals surface area contributed by atoms with E-state index in [9.17, 15) is 4.79 Å². The SMILES string of the molecule is CCc1cccc(C(=O)NCCN2CCC(CCC3C=CC=CC3)CC2)n1. The lowest BCUT2D eigenvalue weighted by Crippen LogP contribution is -2.39. The molecular formula is C23H33N3O. The van der Waals surface area contributed by atoms with Crippen LogP contribution in [-0.2, 0) is 6.42 Å². The van der Waals surface area contributed by atoms with Crippen LogP contribution in [0.1, 0.15) is 55.2 Å². The Labute approximate surface area is 163 Å². The van der Waals surface area contributed by atoms with Gasteiger partial charge in [-0.25, -0.2) is 4.98 Å². The zero-order chi connectivity index (χ0) is 18.9. The predicted octanol–water partition coefficient (Wildman–Crippen LogP) is 4.00. The van der Waals surface area contributed by atoms with E-state index in [0.29, 0.717) is 12.2 Å². The van der Waals surface area contributed by atoms with Crippen LogP contribution in [0.3, 0.4) is 0 Å². The van der Waals surface area contributed by atoms with E-state index in [1.807, 2.05) is 12.1 Å². The van der Waals surface area contributed by atoms with Crippen LogP contribution < -0.4 is 5.32 Å². The van der Waals surface area contributed by atoms with Crippen LogP contribution in [0.5, 0.6) is 0 Å². The van der Waals surface area contributed by atoms with Gasteiger partial charge in [0.05, 0.1) is 0 Å². The minimum absolute atomic E-state index is 0.0604. The molecule has 4 nitrogen and oxygen atoms in total. The Balaban J connectivity index is 1.30. The monoisotopic (exact) mass is 367 g/mol. The first-order chi connectivity index (χ1) is 13.2.